The van der Waals surface area contributed by atoms with Crippen LogP contribution in [0, 0.1) is 0 Å². The van der Waals surface area contributed by atoms with Gasteiger partial charge in [-0.15, -0.1) is 0 Å². The molecule has 1 aromatic heterocycles. The van der Waals surface area contributed by atoms with Crippen molar-refractivity contribution in [3.63, 3.8) is 0 Å². The van der Waals surface area contributed by atoms with Crippen molar-refractivity contribution in [2.45, 2.75) is 56.8 Å². The summed E-state index contributed by atoms with van der Waals surface area (Å²) in [6.07, 6.45) is -0.747. The fourth-order valence-electron chi connectivity index (χ4n) is 2.82. The van der Waals surface area contributed by atoms with Gasteiger partial charge in [-0.3, -0.25) is 9.88 Å². The average molecular weight is 412 g/mol. The van der Waals surface area contributed by atoms with Crippen molar-refractivity contribution < 1.29 is 29.6 Å². The van der Waals surface area contributed by atoms with Gasteiger partial charge in [0.25, 0.3) is 0 Å². The van der Waals surface area contributed by atoms with E-state index < -0.39 is 42.6 Å². The summed E-state index contributed by atoms with van der Waals surface area (Å²) in [5.74, 6) is -0.0821. The topological polar surface area (TPSA) is 192 Å². The van der Waals surface area contributed by atoms with Gasteiger partial charge in [0.05, 0.1) is 13.2 Å². The van der Waals surface area contributed by atoms with Crippen molar-refractivity contribution in [1.82, 2.24) is 9.55 Å². The molecule has 0 spiro atoms. The van der Waals surface area contributed by atoms with E-state index >= 15 is 0 Å². The van der Waals surface area contributed by atoms with E-state index in [0.717, 1.165) is 36.4 Å². The minimum Gasteiger partial charge on any atom is -0.449 e. The van der Waals surface area contributed by atoms with Gasteiger partial charge in [-0.05, 0) is 18.0 Å². The molecule has 0 radical (unpaired) electrons. The monoisotopic (exact) mass is 412 g/mol. The van der Waals surface area contributed by atoms with Crippen LogP contribution in [0.5, 0.6) is 0 Å². The highest BCUT2D eigenvalue weighted by Crippen LogP contribution is 2.37. The zero-order chi connectivity index (χ0) is 21.4. The van der Waals surface area contributed by atoms with Crippen LogP contribution in [0.25, 0.3) is 10.4 Å². The molecule has 4 atom stereocenters. The van der Waals surface area contributed by atoms with E-state index in [1.807, 2.05) is 0 Å². The number of rotatable bonds is 9. The molecular weight excluding hydrogens is 388 g/mol. The van der Waals surface area contributed by atoms with Crippen molar-refractivity contribution in [2.24, 2.45) is 5.11 Å². The summed E-state index contributed by atoms with van der Waals surface area (Å²) in [4.78, 5) is 30.1. The predicted molar refractivity (Wildman–Crippen MR) is 98.7 cm³/mol. The molecule has 2 rings (SSSR count). The molecule has 1 aliphatic rings. The van der Waals surface area contributed by atoms with Crippen LogP contribution in [0.15, 0.2) is 22.2 Å². The molecule has 0 saturated carbocycles. The van der Waals surface area contributed by atoms with Gasteiger partial charge in [-0.25, -0.2) is 9.59 Å². The Morgan fingerprint density at radius 3 is 2.86 bits per heavy atom. The Balaban J connectivity index is 2.05. The Morgan fingerprint density at radius 1 is 1.48 bits per heavy atom. The van der Waals surface area contributed by atoms with Gasteiger partial charge in [0.1, 0.15) is 18.0 Å². The Hall–Kier alpha value is -2.70. The molecule has 1 aliphatic heterocycles. The molecule has 13 heteroatoms. The van der Waals surface area contributed by atoms with Gasteiger partial charge in [0, 0.05) is 11.1 Å². The van der Waals surface area contributed by atoms with Gasteiger partial charge in [0.15, 0.2) is 6.23 Å². The first kappa shape index (κ1) is 22.6. The highest BCUT2D eigenvalue weighted by atomic mass is 16.6. The number of hydrogen-bond donors (Lipinski definition) is 4. The number of azide groups is 1. The van der Waals surface area contributed by atoms with Crippen LogP contribution in [0.2, 0.25) is 0 Å². The zero-order valence-electron chi connectivity index (χ0n) is 15.8. The molecule has 29 heavy (non-hydrogen) atoms. The second kappa shape index (κ2) is 10.2. The van der Waals surface area contributed by atoms with Crippen LogP contribution in [-0.2, 0) is 9.47 Å². The second-order valence-electron chi connectivity index (χ2n) is 6.46. The van der Waals surface area contributed by atoms with Crippen molar-refractivity contribution >= 4 is 11.9 Å². The molecule has 0 aliphatic carbocycles. The van der Waals surface area contributed by atoms with Crippen molar-refractivity contribution in [3.05, 3.63) is 33.2 Å². The molecule has 1 fully saturated rings. The highest BCUT2D eigenvalue weighted by molar-refractivity contribution is 5.83. The van der Waals surface area contributed by atoms with E-state index in [0.29, 0.717) is 0 Å². The Bertz CT molecular complexity index is 811. The van der Waals surface area contributed by atoms with Crippen LogP contribution in [0.4, 0.5) is 10.6 Å². The summed E-state index contributed by atoms with van der Waals surface area (Å²) in [5.41, 5.74) is 5.54. The Labute approximate surface area is 165 Å². The van der Waals surface area contributed by atoms with Crippen LogP contribution in [0.1, 0.15) is 38.8 Å². The maximum Gasteiger partial charge on any atom is 0.412 e. The third-order valence-corrected chi connectivity index (χ3v) is 4.41. The van der Waals surface area contributed by atoms with E-state index in [2.05, 4.69) is 27.3 Å². The van der Waals surface area contributed by atoms with Gasteiger partial charge in [0.2, 0.25) is 5.72 Å². The van der Waals surface area contributed by atoms with E-state index in [1.54, 1.807) is 0 Å². The number of hydrogen-bond acceptors (Lipinski definition) is 9. The van der Waals surface area contributed by atoms with Gasteiger partial charge < -0.3 is 24.8 Å². The first-order valence-corrected chi connectivity index (χ1v) is 9.12. The largest absolute Gasteiger partial charge is 0.449 e. The van der Waals surface area contributed by atoms with Gasteiger partial charge >= 0.3 is 11.8 Å². The molecule has 2 heterocycles. The zero-order valence-corrected chi connectivity index (χ0v) is 15.8. The Kier molecular flexibility index (Phi) is 7.93. The van der Waals surface area contributed by atoms with E-state index in [-0.39, 0.29) is 12.4 Å². The Morgan fingerprint density at radius 2 is 2.24 bits per heavy atom. The number of carbonyl (C=O) groups is 1. The molecule has 13 nitrogen and oxygen atoms in total. The number of aromatic nitrogens is 2. The number of aliphatic hydroxyl groups is 3. The number of ether oxygens (including phenoxy) is 2. The molecule has 0 aromatic carbocycles. The standard InChI is InChI=1S/C16H24N6O7/c1-2-3-4-5-8-28-15(27)19-10-6-7-22(14(26)18-10)13-11(24)12(25)16(9-23,29-13)20-21-17/h6-7,11-13,23-25H,2-5,8-9H2,1H3,(H,18,19,26,27)/t11-,12+,13?,16-/m1/s1. The van der Waals surface area contributed by atoms with E-state index in [1.165, 1.54) is 6.07 Å². The number of nitrogens with one attached hydrogen (secondary N) is 1. The normalized spacial score (nSPS) is 26.0. The van der Waals surface area contributed by atoms with Gasteiger partial charge in [-0.1, -0.05) is 31.3 Å². The lowest BCUT2D eigenvalue weighted by atomic mass is 10.1. The van der Waals surface area contributed by atoms with Gasteiger partial charge in [-0.2, -0.15) is 4.98 Å². The van der Waals surface area contributed by atoms with Crippen molar-refractivity contribution in [1.29, 1.82) is 0 Å². The lowest BCUT2D eigenvalue weighted by molar-refractivity contribution is -0.125. The SMILES string of the molecule is CCCCCCOC(=O)Nc1ccn(C2O[C@@](CO)(N=[N+]=[N-])[C@@H](O)[C@H]2O)c(=O)n1. The average Bonchev–Trinajstić information content (AvgIpc) is 2.94. The second-order valence-corrected chi connectivity index (χ2v) is 6.46. The quantitative estimate of drug-likeness (QED) is 0.196. The summed E-state index contributed by atoms with van der Waals surface area (Å²) in [6, 6.07) is 1.26. The molecule has 1 saturated heterocycles. The molecule has 1 aromatic rings. The number of nitrogens with zero attached hydrogens (tertiary/aromatic N) is 5. The van der Waals surface area contributed by atoms with Crippen LogP contribution in [0.3, 0.4) is 0 Å². The fraction of sp³-hybridized carbons (Fsp3) is 0.688. The number of unbranched alkanes of at least 4 members (excludes halogenated alkanes) is 3. The first-order valence-electron chi connectivity index (χ1n) is 9.12. The maximum atomic E-state index is 12.3. The lowest BCUT2D eigenvalue weighted by Gasteiger charge is -2.23. The maximum absolute atomic E-state index is 12.3. The summed E-state index contributed by atoms with van der Waals surface area (Å²) in [5, 5.41) is 35.1. The summed E-state index contributed by atoms with van der Waals surface area (Å²) >= 11 is 0. The summed E-state index contributed by atoms with van der Waals surface area (Å²) < 4.78 is 11.1. The van der Waals surface area contributed by atoms with Crippen LogP contribution < -0.4 is 11.0 Å². The first-order chi connectivity index (χ1) is 13.9. The molecular formula is C16H24N6O7. The molecule has 160 valence electrons. The third-order valence-electron chi connectivity index (χ3n) is 4.41. The summed E-state index contributed by atoms with van der Waals surface area (Å²) in [7, 11) is 0. The van der Waals surface area contributed by atoms with Crippen LogP contribution in [-0.4, -0.2) is 62.1 Å². The third kappa shape index (κ3) is 5.22. The molecule has 1 amide bonds. The molecule has 0 bridgehead atoms. The summed E-state index contributed by atoms with van der Waals surface area (Å²) in [6.45, 7) is 1.39. The number of anilines is 1. The predicted octanol–water partition coefficient (Wildman–Crippen LogP) is 0.622. The lowest BCUT2D eigenvalue weighted by Crippen LogP contribution is -2.44. The van der Waals surface area contributed by atoms with Crippen molar-refractivity contribution in [2.75, 3.05) is 18.5 Å². The minimum atomic E-state index is -2.14. The number of carbonyl (C=O) groups excluding carboxylic acids is 1. The van der Waals surface area contributed by atoms with E-state index in [4.69, 9.17) is 15.0 Å². The smallest absolute Gasteiger partial charge is 0.412 e. The van der Waals surface area contributed by atoms with Crippen molar-refractivity contribution in [3.8, 4) is 0 Å². The fourth-order valence-corrected chi connectivity index (χ4v) is 2.82. The van der Waals surface area contributed by atoms with Crippen LogP contribution >= 0.6 is 0 Å². The minimum absolute atomic E-state index is 0.0821. The number of amides is 1. The number of aliphatic hydroxyl groups excluding tert-OH is 3. The molecule has 4 N–H and O–H groups in total. The molecule has 1 unspecified atom stereocenters. The highest BCUT2D eigenvalue weighted by Gasteiger charge is 2.54. The van der Waals surface area contributed by atoms with E-state index in [9.17, 15) is 24.9 Å².